The number of anilines is 1. The number of carbonyl (C=O) groups is 1. The van der Waals surface area contributed by atoms with E-state index in [9.17, 15) is 9.18 Å². The first-order valence-corrected chi connectivity index (χ1v) is 8.08. The minimum atomic E-state index is -0.270. The van der Waals surface area contributed by atoms with Crippen molar-refractivity contribution in [2.45, 2.75) is 6.42 Å². The maximum absolute atomic E-state index is 13.0. The number of fused-ring (bicyclic) bond motifs is 1. The van der Waals surface area contributed by atoms with Gasteiger partial charge in [-0.1, -0.05) is 11.3 Å². The van der Waals surface area contributed by atoms with Gasteiger partial charge >= 0.3 is 0 Å². The summed E-state index contributed by atoms with van der Waals surface area (Å²) in [6.45, 7) is 1.38. The van der Waals surface area contributed by atoms with Crippen molar-refractivity contribution in [3.8, 4) is 11.3 Å². The Morgan fingerprint density at radius 1 is 1.35 bits per heavy atom. The molecule has 1 amide bonds. The van der Waals surface area contributed by atoms with Crippen molar-refractivity contribution in [2.24, 2.45) is 11.7 Å². The molecule has 0 spiro atoms. The van der Waals surface area contributed by atoms with Gasteiger partial charge in [0.05, 0.1) is 17.8 Å². The third-order valence-corrected chi connectivity index (χ3v) is 5.02. The van der Waals surface area contributed by atoms with E-state index < -0.39 is 0 Å². The molecular weight excluding hydrogens is 317 g/mol. The Bertz CT molecular complexity index is 840. The van der Waals surface area contributed by atoms with Crippen molar-refractivity contribution >= 4 is 27.3 Å². The van der Waals surface area contributed by atoms with E-state index in [-0.39, 0.29) is 17.6 Å². The average Bonchev–Trinajstić information content (AvgIpc) is 3.21. The zero-order valence-corrected chi connectivity index (χ0v) is 13.0. The number of nitrogens with zero attached hydrogens (tertiary/aromatic N) is 4. The Kier molecular flexibility index (Phi) is 3.26. The van der Waals surface area contributed by atoms with Crippen LogP contribution < -0.4 is 10.6 Å². The van der Waals surface area contributed by atoms with Crippen LogP contribution in [0.2, 0.25) is 0 Å². The van der Waals surface area contributed by atoms with E-state index >= 15 is 0 Å². The second kappa shape index (κ2) is 5.31. The predicted octanol–water partition coefficient (Wildman–Crippen LogP) is 1.91. The highest BCUT2D eigenvalue weighted by atomic mass is 32.1. The number of hydrogen-bond acceptors (Lipinski definition) is 5. The summed E-state index contributed by atoms with van der Waals surface area (Å²) in [7, 11) is 0. The standard InChI is InChI=1S/C15H14FN5OS/c16-11-3-1-9(2-4-11)12-8-21-14(18-12)23-15(19-21)20-6-5-10(7-20)13(17)22/h1-4,8,10H,5-7H2,(H2,17,22)/t10-/m0/s1. The van der Waals surface area contributed by atoms with E-state index in [1.54, 1.807) is 16.6 Å². The molecule has 1 aliphatic rings. The fourth-order valence-corrected chi connectivity index (χ4v) is 3.66. The molecule has 23 heavy (non-hydrogen) atoms. The lowest BCUT2D eigenvalue weighted by atomic mass is 10.1. The zero-order chi connectivity index (χ0) is 16.0. The molecule has 6 nitrogen and oxygen atoms in total. The van der Waals surface area contributed by atoms with Gasteiger partial charge in [-0.3, -0.25) is 4.79 Å². The second-order valence-corrected chi connectivity index (χ2v) is 6.51. The lowest BCUT2D eigenvalue weighted by molar-refractivity contribution is -0.121. The Morgan fingerprint density at radius 3 is 2.78 bits per heavy atom. The van der Waals surface area contributed by atoms with E-state index in [4.69, 9.17) is 5.73 Å². The summed E-state index contributed by atoms with van der Waals surface area (Å²) in [5.74, 6) is -0.637. The highest BCUT2D eigenvalue weighted by Gasteiger charge is 2.28. The predicted molar refractivity (Wildman–Crippen MR) is 85.8 cm³/mol. The van der Waals surface area contributed by atoms with Crippen LogP contribution in [0.4, 0.5) is 9.52 Å². The van der Waals surface area contributed by atoms with Crippen molar-refractivity contribution in [1.29, 1.82) is 0 Å². The summed E-state index contributed by atoms with van der Waals surface area (Å²) >= 11 is 1.47. The summed E-state index contributed by atoms with van der Waals surface area (Å²) in [5.41, 5.74) is 6.97. The number of benzene rings is 1. The summed E-state index contributed by atoms with van der Waals surface area (Å²) in [6.07, 6.45) is 2.59. The highest BCUT2D eigenvalue weighted by Crippen LogP contribution is 2.30. The first-order valence-electron chi connectivity index (χ1n) is 7.26. The number of hydrogen-bond donors (Lipinski definition) is 1. The smallest absolute Gasteiger partial charge is 0.222 e. The van der Waals surface area contributed by atoms with E-state index in [1.807, 2.05) is 6.20 Å². The Labute approximate surface area is 135 Å². The van der Waals surface area contributed by atoms with Gasteiger partial charge in [-0.2, -0.15) is 0 Å². The minimum absolute atomic E-state index is 0.110. The lowest BCUT2D eigenvalue weighted by Crippen LogP contribution is -2.27. The molecule has 3 heterocycles. The summed E-state index contributed by atoms with van der Waals surface area (Å²) in [4.78, 5) is 18.6. The van der Waals surface area contributed by atoms with Crippen molar-refractivity contribution in [3.63, 3.8) is 0 Å². The van der Waals surface area contributed by atoms with E-state index in [0.717, 1.165) is 34.3 Å². The molecule has 4 rings (SSSR count). The molecule has 2 aromatic heterocycles. The maximum atomic E-state index is 13.0. The van der Waals surface area contributed by atoms with Crippen molar-refractivity contribution < 1.29 is 9.18 Å². The van der Waals surface area contributed by atoms with E-state index in [2.05, 4.69) is 15.0 Å². The van der Waals surface area contributed by atoms with Crippen molar-refractivity contribution in [2.75, 3.05) is 18.0 Å². The number of halogens is 1. The molecule has 1 aromatic carbocycles. The molecule has 1 saturated heterocycles. The molecule has 0 aliphatic carbocycles. The highest BCUT2D eigenvalue weighted by molar-refractivity contribution is 7.20. The van der Waals surface area contributed by atoms with E-state index in [1.165, 1.54) is 23.5 Å². The number of primary amides is 1. The van der Waals surface area contributed by atoms with Crippen LogP contribution in [-0.2, 0) is 4.79 Å². The van der Waals surface area contributed by atoms with Crippen LogP contribution in [0.1, 0.15) is 6.42 Å². The average molecular weight is 331 g/mol. The second-order valence-electron chi connectivity index (χ2n) is 5.58. The normalized spacial score (nSPS) is 18.0. The molecule has 1 atom stereocenters. The van der Waals surface area contributed by atoms with Crippen molar-refractivity contribution in [3.05, 3.63) is 36.3 Å². The molecule has 118 valence electrons. The fraction of sp³-hybridized carbons (Fsp3) is 0.267. The summed E-state index contributed by atoms with van der Waals surface area (Å²) < 4.78 is 14.7. The van der Waals surface area contributed by atoms with Gasteiger partial charge in [-0.05, 0) is 30.7 Å². The lowest BCUT2D eigenvalue weighted by Gasteiger charge is -2.12. The largest absolute Gasteiger partial charge is 0.369 e. The van der Waals surface area contributed by atoms with Crippen LogP contribution in [0.3, 0.4) is 0 Å². The quantitative estimate of drug-likeness (QED) is 0.795. The molecule has 1 fully saturated rings. The minimum Gasteiger partial charge on any atom is -0.369 e. The SMILES string of the molecule is NC(=O)[C@H]1CCN(c2nn3cc(-c4ccc(F)cc4)nc3s2)C1. The molecule has 0 bridgehead atoms. The molecule has 0 saturated carbocycles. The monoisotopic (exact) mass is 331 g/mol. The van der Waals surface area contributed by atoms with Gasteiger partial charge in [-0.15, -0.1) is 5.10 Å². The number of rotatable bonds is 3. The topological polar surface area (TPSA) is 76.5 Å². The fourth-order valence-electron chi connectivity index (χ4n) is 2.74. The van der Waals surface area contributed by atoms with Gasteiger partial charge in [0.1, 0.15) is 5.82 Å². The first kappa shape index (κ1) is 14.1. The summed E-state index contributed by atoms with van der Waals surface area (Å²) in [6, 6.07) is 6.22. The number of carbonyl (C=O) groups excluding carboxylic acids is 1. The third-order valence-electron chi connectivity index (χ3n) is 4.03. The van der Waals surface area contributed by atoms with Gasteiger partial charge in [0.25, 0.3) is 0 Å². The van der Waals surface area contributed by atoms with Crippen LogP contribution in [0.5, 0.6) is 0 Å². The van der Waals surface area contributed by atoms with Gasteiger partial charge in [0.15, 0.2) is 0 Å². The van der Waals surface area contributed by atoms with Crippen LogP contribution in [0.15, 0.2) is 30.5 Å². The Morgan fingerprint density at radius 2 is 2.13 bits per heavy atom. The molecular formula is C15H14FN5OS. The van der Waals surface area contributed by atoms with Gasteiger partial charge < -0.3 is 10.6 Å². The van der Waals surface area contributed by atoms with Gasteiger partial charge in [0, 0.05) is 18.7 Å². The molecule has 8 heteroatoms. The molecule has 2 N–H and O–H groups in total. The number of aromatic nitrogens is 3. The van der Waals surface area contributed by atoms with E-state index in [0.29, 0.717) is 6.54 Å². The van der Waals surface area contributed by atoms with Crippen LogP contribution in [0.25, 0.3) is 16.2 Å². The Balaban J connectivity index is 1.60. The summed E-state index contributed by atoms with van der Waals surface area (Å²) in [5, 5.41) is 5.36. The van der Waals surface area contributed by atoms with Gasteiger partial charge in [0.2, 0.25) is 16.0 Å². The van der Waals surface area contributed by atoms with Crippen LogP contribution in [-0.4, -0.2) is 33.6 Å². The Hall–Kier alpha value is -2.48. The molecule has 0 unspecified atom stereocenters. The van der Waals surface area contributed by atoms with Crippen LogP contribution in [0, 0.1) is 11.7 Å². The zero-order valence-electron chi connectivity index (χ0n) is 12.1. The first-order chi connectivity index (χ1) is 11.1. The third kappa shape index (κ3) is 2.55. The van der Waals surface area contributed by atoms with Crippen molar-refractivity contribution in [1.82, 2.24) is 14.6 Å². The van der Waals surface area contributed by atoms with Gasteiger partial charge in [-0.25, -0.2) is 13.9 Å². The number of nitrogens with two attached hydrogens (primary N) is 1. The molecule has 3 aromatic rings. The number of amides is 1. The molecule has 1 aliphatic heterocycles. The number of imidazole rings is 1. The molecule has 0 radical (unpaired) electrons. The van der Waals surface area contributed by atoms with Crippen LogP contribution >= 0.6 is 11.3 Å². The maximum Gasteiger partial charge on any atom is 0.222 e.